The minimum absolute atomic E-state index is 0.156. The van der Waals surface area contributed by atoms with Gasteiger partial charge in [-0.3, -0.25) is 15.0 Å². The smallest absolute Gasteiger partial charge is 0.249 e. The molecule has 0 radical (unpaired) electrons. The van der Waals surface area contributed by atoms with Crippen LogP contribution in [0.15, 0.2) is 41.4 Å². The number of aryl methyl sites for hydroxylation is 1. The predicted octanol–water partition coefficient (Wildman–Crippen LogP) is 4.86. The van der Waals surface area contributed by atoms with E-state index < -0.39 is 28.8 Å². The number of likely N-dealkylation sites (tertiary alicyclic amines) is 1. The fourth-order valence-electron chi connectivity index (χ4n) is 5.29. The third-order valence-electron chi connectivity index (χ3n) is 7.54. The molecule has 4 rings (SSSR count). The summed E-state index contributed by atoms with van der Waals surface area (Å²) < 4.78 is 46.3. The number of methoxy groups -OCH3 is 1. The first-order valence-corrected chi connectivity index (χ1v) is 13.8. The fraction of sp³-hybridized carbons (Fsp3) is 0.429. The number of hydrogen-bond donors (Lipinski definition) is 3. The number of thioether (sulfide) groups is 1. The number of carbonyl (C=O) groups is 1. The Labute approximate surface area is 229 Å². The lowest BCUT2D eigenvalue weighted by Gasteiger charge is -2.40. The second-order valence-corrected chi connectivity index (χ2v) is 10.9. The molecule has 0 saturated carbocycles. The van der Waals surface area contributed by atoms with Gasteiger partial charge in [0.05, 0.1) is 29.5 Å². The van der Waals surface area contributed by atoms with Crippen molar-refractivity contribution in [3.63, 3.8) is 0 Å². The summed E-state index contributed by atoms with van der Waals surface area (Å²) in [6.45, 7) is 1.55. The van der Waals surface area contributed by atoms with E-state index in [0.29, 0.717) is 75.4 Å². The lowest BCUT2D eigenvalue weighted by Crippen LogP contribution is -2.48. The quantitative estimate of drug-likeness (QED) is 0.174. The Bertz CT molecular complexity index is 1290. The summed E-state index contributed by atoms with van der Waals surface area (Å²) >= 11 is 0.993. The van der Waals surface area contributed by atoms with Crippen molar-refractivity contribution < 1.29 is 33.0 Å². The Morgan fingerprint density at radius 2 is 1.90 bits per heavy atom. The van der Waals surface area contributed by atoms with E-state index in [1.165, 1.54) is 0 Å². The lowest BCUT2D eigenvalue weighted by atomic mass is 9.73. The Morgan fingerprint density at radius 1 is 1.18 bits per heavy atom. The average Bonchev–Trinajstić information content (AvgIpc) is 2.94. The van der Waals surface area contributed by atoms with Crippen LogP contribution < -0.4 is 10.2 Å². The maximum atomic E-state index is 13.9. The molecule has 1 aromatic heterocycles. The Morgan fingerprint density at radius 3 is 2.54 bits per heavy atom. The number of carbonyl (C=O) groups excluding carboxylic acids is 1. The number of aromatic nitrogens is 1. The number of nitrogens with one attached hydrogen (secondary N) is 1. The number of hydrogen-bond acceptors (Lipinski definition) is 7. The molecular formula is C28H32F3N3O4S. The number of piperidine rings is 1. The van der Waals surface area contributed by atoms with Crippen LogP contribution in [0.2, 0.25) is 0 Å². The molecule has 2 aromatic carbocycles. The Balaban J connectivity index is 1.38. The van der Waals surface area contributed by atoms with Gasteiger partial charge in [-0.05, 0) is 74.5 Å². The van der Waals surface area contributed by atoms with Crippen LogP contribution in [0.3, 0.4) is 0 Å². The normalized spacial score (nSPS) is 15.4. The standard InChI is InChI=1S/C28H32F3N3O4S/c1-38-20-4-5-25-22(15-20)21(18(17-35)16-32-25)3-2-6-28(27(36)33-37)7-9-34(10-8-28)11-12-39-26-23(30)13-19(29)14-24(26)31/h4-5,13-16,35,37H,2-3,6-12,17H2,1H3,(H,33,36). The highest BCUT2D eigenvalue weighted by atomic mass is 32.2. The number of aliphatic hydroxyl groups is 1. The maximum Gasteiger partial charge on any atom is 0.249 e. The van der Waals surface area contributed by atoms with Crippen molar-refractivity contribution in [2.45, 2.75) is 43.6 Å². The van der Waals surface area contributed by atoms with Gasteiger partial charge in [0.1, 0.15) is 23.2 Å². The third kappa shape index (κ3) is 6.66. The number of benzene rings is 2. The van der Waals surface area contributed by atoms with E-state index in [-0.39, 0.29) is 11.5 Å². The number of aliphatic hydroxyl groups excluding tert-OH is 1. The van der Waals surface area contributed by atoms with Gasteiger partial charge < -0.3 is 14.7 Å². The number of halogens is 3. The van der Waals surface area contributed by atoms with Gasteiger partial charge in [0, 0.05) is 36.0 Å². The van der Waals surface area contributed by atoms with E-state index in [1.54, 1.807) is 13.3 Å². The number of pyridine rings is 1. The first kappa shape index (κ1) is 29.1. The van der Waals surface area contributed by atoms with Crippen LogP contribution in [-0.4, -0.2) is 58.6 Å². The van der Waals surface area contributed by atoms with Crippen molar-refractivity contribution in [1.29, 1.82) is 0 Å². The highest BCUT2D eigenvalue weighted by Crippen LogP contribution is 2.38. The molecule has 0 atom stereocenters. The molecule has 0 aliphatic carbocycles. The van der Waals surface area contributed by atoms with Gasteiger partial charge in [0.25, 0.3) is 0 Å². The number of nitrogens with zero attached hydrogens (tertiary/aromatic N) is 2. The summed E-state index contributed by atoms with van der Waals surface area (Å²) in [7, 11) is 1.59. The summed E-state index contributed by atoms with van der Waals surface area (Å²) in [5.41, 5.74) is 3.55. The van der Waals surface area contributed by atoms with E-state index in [1.807, 2.05) is 23.7 Å². The molecule has 7 nitrogen and oxygen atoms in total. The SMILES string of the molecule is COc1ccc2ncc(CO)c(CCCC3(C(=O)NO)CCN(CCSc4c(F)cc(F)cc4F)CC3)c2c1. The summed E-state index contributed by atoms with van der Waals surface area (Å²) in [4.78, 5) is 19.1. The van der Waals surface area contributed by atoms with E-state index in [2.05, 4.69) is 9.88 Å². The molecule has 0 unspecified atom stereocenters. The van der Waals surface area contributed by atoms with Crippen LogP contribution >= 0.6 is 11.8 Å². The molecule has 1 amide bonds. The third-order valence-corrected chi connectivity index (χ3v) is 8.61. The summed E-state index contributed by atoms with van der Waals surface area (Å²) in [6.07, 6.45) is 4.49. The first-order valence-electron chi connectivity index (χ1n) is 12.8. The zero-order valence-corrected chi connectivity index (χ0v) is 22.5. The Kier molecular flexibility index (Phi) is 9.71. The van der Waals surface area contributed by atoms with Crippen molar-refractivity contribution in [3.8, 4) is 5.75 Å². The molecule has 1 aliphatic rings. The topological polar surface area (TPSA) is 94.9 Å². The van der Waals surface area contributed by atoms with Crippen molar-refractivity contribution in [3.05, 3.63) is 65.1 Å². The van der Waals surface area contributed by atoms with Crippen molar-refractivity contribution in [1.82, 2.24) is 15.4 Å². The molecule has 1 saturated heterocycles. The largest absolute Gasteiger partial charge is 0.497 e. The second kappa shape index (κ2) is 13.0. The average molecular weight is 564 g/mol. The van der Waals surface area contributed by atoms with Crippen molar-refractivity contribution in [2.24, 2.45) is 5.41 Å². The highest BCUT2D eigenvalue weighted by molar-refractivity contribution is 7.99. The predicted molar refractivity (Wildman–Crippen MR) is 142 cm³/mol. The lowest BCUT2D eigenvalue weighted by molar-refractivity contribution is -0.143. The molecular weight excluding hydrogens is 531 g/mol. The van der Waals surface area contributed by atoms with Gasteiger partial charge in [0.2, 0.25) is 5.91 Å². The molecule has 11 heteroatoms. The minimum atomic E-state index is -0.951. The van der Waals surface area contributed by atoms with Gasteiger partial charge in [-0.2, -0.15) is 0 Å². The number of fused-ring (bicyclic) bond motifs is 1. The molecule has 39 heavy (non-hydrogen) atoms. The minimum Gasteiger partial charge on any atom is -0.497 e. The molecule has 3 N–H and O–H groups in total. The van der Waals surface area contributed by atoms with Crippen LogP contribution in [0.5, 0.6) is 5.75 Å². The van der Waals surface area contributed by atoms with Gasteiger partial charge in [-0.25, -0.2) is 18.7 Å². The van der Waals surface area contributed by atoms with Crippen LogP contribution in [0.25, 0.3) is 10.9 Å². The zero-order chi connectivity index (χ0) is 28.0. The number of ether oxygens (including phenoxy) is 1. The molecule has 0 spiro atoms. The number of amides is 1. The molecule has 2 heterocycles. The second-order valence-electron chi connectivity index (χ2n) is 9.77. The Hall–Kier alpha value is -2.86. The zero-order valence-electron chi connectivity index (χ0n) is 21.7. The van der Waals surface area contributed by atoms with Gasteiger partial charge in [0.15, 0.2) is 0 Å². The van der Waals surface area contributed by atoms with Crippen LogP contribution in [0.4, 0.5) is 13.2 Å². The molecule has 210 valence electrons. The van der Waals surface area contributed by atoms with E-state index in [9.17, 15) is 28.3 Å². The molecule has 1 fully saturated rings. The van der Waals surface area contributed by atoms with Crippen molar-refractivity contribution in [2.75, 3.05) is 32.5 Å². The van der Waals surface area contributed by atoms with Gasteiger partial charge in [-0.1, -0.05) is 0 Å². The first-order chi connectivity index (χ1) is 18.8. The van der Waals surface area contributed by atoms with Crippen LogP contribution in [0, 0.1) is 22.9 Å². The van der Waals surface area contributed by atoms with E-state index in [0.717, 1.165) is 33.8 Å². The fourth-order valence-corrected chi connectivity index (χ4v) is 6.23. The molecule has 0 bridgehead atoms. The highest BCUT2D eigenvalue weighted by Gasteiger charge is 2.40. The molecule has 1 aliphatic heterocycles. The summed E-state index contributed by atoms with van der Waals surface area (Å²) in [6, 6.07) is 6.93. The summed E-state index contributed by atoms with van der Waals surface area (Å²) in [5.74, 6) is -2.11. The van der Waals surface area contributed by atoms with Gasteiger partial charge >= 0.3 is 0 Å². The monoisotopic (exact) mass is 563 g/mol. The van der Waals surface area contributed by atoms with E-state index in [4.69, 9.17) is 4.74 Å². The van der Waals surface area contributed by atoms with Crippen molar-refractivity contribution >= 4 is 28.6 Å². The summed E-state index contributed by atoms with van der Waals surface area (Å²) in [5, 5.41) is 20.3. The number of hydroxylamine groups is 1. The molecule has 3 aromatic rings. The maximum absolute atomic E-state index is 13.9. The van der Waals surface area contributed by atoms with Crippen LogP contribution in [-0.2, 0) is 17.8 Å². The van der Waals surface area contributed by atoms with Crippen LogP contribution in [0.1, 0.15) is 36.8 Å². The van der Waals surface area contributed by atoms with E-state index >= 15 is 0 Å². The van der Waals surface area contributed by atoms with Gasteiger partial charge in [-0.15, -0.1) is 11.8 Å². The number of rotatable bonds is 11.